The van der Waals surface area contributed by atoms with Crippen molar-refractivity contribution in [3.05, 3.63) is 241 Å². The number of aliphatic imine (C=N–C) groups is 2. The molecular formula is C58H41N5. The van der Waals surface area contributed by atoms with Gasteiger partial charge in [0.2, 0.25) is 0 Å². The SMILES string of the molecule is Cc1ccc2c3ccccc3n(-c3ccc4c(c3)c3ccccc3n4-c3cc(C4=NC(c5ccc(-c6ccccc6)cc5)NC(c5ccccc5)=N4)cc(-c4ccccc4)c3)c2c1. The lowest BCUT2D eigenvalue weighted by molar-refractivity contribution is 0.674. The van der Waals surface area contributed by atoms with Gasteiger partial charge in [-0.25, -0.2) is 9.98 Å². The van der Waals surface area contributed by atoms with Crippen molar-refractivity contribution in [2.75, 3.05) is 0 Å². The summed E-state index contributed by atoms with van der Waals surface area (Å²) in [5.74, 6) is 1.46. The quantitative estimate of drug-likeness (QED) is 0.171. The molecule has 0 amide bonds. The van der Waals surface area contributed by atoms with Crippen molar-refractivity contribution in [1.82, 2.24) is 14.5 Å². The molecule has 0 bridgehead atoms. The summed E-state index contributed by atoms with van der Waals surface area (Å²) in [6, 6.07) is 78.1. The van der Waals surface area contributed by atoms with Crippen LogP contribution in [0.25, 0.3) is 77.2 Å². The Morgan fingerprint density at radius 1 is 0.381 bits per heavy atom. The first-order valence-electron chi connectivity index (χ1n) is 21.5. The van der Waals surface area contributed by atoms with Crippen LogP contribution in [0.2, 0.25) is 0 Å². The number of fused-ring (bicyclic) bond motifs is 6. The molecule has 1 aliphatic rings. The molecule has 1 aliphatic heterocycles. The number of aromatic nitrogens is 2. The third-order valence-electron chi connectivity index (χ3n) is 12.4. The molecule has 2 aromatic heterocycles. The van der Waals surface area contributed by atoms with Crippen LogP contribution < -0.4 is 5.32 Å². The van der Waals surface area contributed by atoms with E-state index in [1.165, 1.54) is 49.3 Å². The minimum absolute atomic E-state index is 0.349. The van der Waals surface area contributed by atoms with E-state index >= 15 is 0 Å². The number of nitrogens with zero attached hydrogens (tertiary/aromatic N) is 4. The van der Waals surface area contributed by atoms with Crippen molar-refractivity contribution < 1.29 is 0 Å². The number of hydrogen-bond donors (Lipinski definition) is 1. The first-order valence-corrected chi connectivity index (χ1v) is 21.5. The third-order valence-corrected chi connectivity index (χ3v) is 12.4. The first-order chi connectivity index (χ1) is 31.1. The monoisotopic (exact) mass is 807 g/mol. The summed E-state index contributed by atoms with van der Waals surface area (Å²) < 4.78 is 4.82. The normalized spacial score (nSPS) is 14.0. The predicted octanol–water partition coefficient (Wildman–Crippen LogP) is 14.0. The van der Waals surface area contributed by atoms with Crippen LogP contribution in [0.5, 0.6) is 0 Å². The highest BCUT2D eigenvalue weighted by Crippen LogP contribution is 2.38. The Labute approximate surface area is 365 Å². The summed E-state index contributed by atoms with van der Waals surface area (Å²) >= 11 is 0. The van der Waals surface area contributed by atoms with E-state index in [1.807, 2.05) is 6.07 Å². The lowest BCUT2D eigenvalue weighted by atomic mass is 10.0. The summed E-state index contributed by atoms with van der Waals surface area (Å²) in [5, 5.41) is 8.58. The molecule has 0 aliphatic carbocycles. The largest absolute Gasteiger partial charge is 0.344 e. The van der Waals surface area contributed by atoms with E-state index in [-0.39, 0.29) is 6.17 Å². The molecular weight excluding hydrogens is 767 g/mol. The molecule has 0 radical (unpaired) electrons. The van der Waals surface area contributed by atoms with E-state index in [0.29, 0.717) is 5.84 Å². The lowest BCUT2D eigenvalue weighted by Crippen LogP contribution is -2.33. The van der Waals surface area contributed by atoms with E-state index in [9.17, 15) is 0 Å². The van der Waals surface area contributed by atoms with E-state index in [4.69, 9.17) is 9.98 Å². The van der Waals surface area contributed by atoms with Gasteiger partial charge in [0.05, 0.1) is 22.1 Å². The van der Waals surface area contributed by atoms with Gasteiger partial charge in [0.1, 0.15) is 12.0 Å². The topological polar surface area (TPSA) is 46.6 Å². The fourth-order valence-corrected chi connectivity index (χ4v) is 9.38. The molecule has 5 heteroatoms. The number of para-hydroxylation sites is 2. The van der Waals surface area contributed by atoms with Crippen LogP contribution in [0.3, 0.4) is 0 Å². The van der Waals surface area contributed by atoms with Gasteiger partial charge in [-0.3, -0.25) is 0 Å². The second kappa shape index (κ2) is 15.0. The van der Waals surface area contributed by atoms with Crippen LogP contribution in [0.15, 0.2) is 228 Å². The van der Waals surface area contributed by atoms with Crippen LogP contribution in [-0.4, -0.2) is 20.8 Å². The van der Waals surface area contributed by atoms with Crippen LogP contribution in [-0.2, 0) is 0 Å². The molecule has 0 spiro atoms. The van der Waals surface area contributed by atoms with Gasteiger partial charge in [0, 0.05) is 44.0 Å². The van der Waals surface area contributed by atoms with E-state index in [0.717, 1.165) is 56.1 Å². The Hall–Kier alpha value is -8.28. The molecule has 63 heavy (non-hydrogen) atoms. The van der Waals surface area contributed by atoms with Gasteiger partial charge in [-0.15, -0.1) is 0 Å². The molecule has 9 aromatic carbocycles. The first kappa shape index (κ1) is 36.6. The van der Waals surface area contributed by atoms with Gasteiger partial charge in [-0.2, -0.15) is 0 Å². The molecule has 5 nitrogen and oxygen atoms in total. The predicted molar refractivity (Wildman–Crippen MR) is 263 cm³/mol. The van der Waals surface area contributed by atoms with Crippen LogP contribution >= 0.6 is 0 Å². The number of rotatable bonds is 7. The maximum Gasteiger partial charge on any atom is 0.159 e. The average Bonchev–Trinajstić information content (AvgIpc) is 3.86. The molecule has 0 saturated carbocycles. The second-order valence-corrected chi connectivity index (χ2v) is 16.4. The highest BCUT2D eigenvalue weighted by Gasteiger charge is 2.23. The molecule has 298 valence electrons. The number of hydrogen-bond acceptors (Lipinski definition) is 3. The smallest absolute Gasteiger partial charge is 0.159 e. The van der Waals surface area contributed by atoms with Crippen molar-refractivity contribution in [2.24, 2.45) is 9.98 Å². The molecule has 11 aromatic rings. The van der Waals surface area contributed by atoms with Crippen LogP contribution in [0.4, 0.5) is 0 Å². The molecule has 1 N–H and O–H groups in total. The van der Waals surface area contributed by atoms with Gasteiger partial charge in [0.15, 0.2) is 5.84 Å². The zero-order chi connectivity index (χ0) is 41.9. The minimum atomic E-state index is -0.349. The van der Waals surface area contributed by atoms with Crippen LogP contribution in [0.1, 0.15) is 28.4 Å². The molecule has 1 atom stereocenters. The van der Waals surface area contributed by atoms with Crippen molar-refractivity contribution in [3.63, 3.8) is 0 Å². The number of aryl methyl sites for hydroxylation is 1. The summed E-state index contributed by atoms with van der Waals surface area (Å²) in [6.07, 6.45) is -0.349. The Bertz CT molecular complexity index is 3580. The van der Waals surface area contributed by atoms with Crippen molar-refractivity contribution in [2.45, 2.75) is 13.1 Å². The van der Waals surface area contributed by atoms with Crippen molar-refractivity contribution in [3.8, 4) is 33.6 Å². The molecule has 0 fully saturated rings. The second-order valence-electron chi connectivity index (χ2n) is 16.4. The van der Waals surface area contributed by atoms with E-state index in [1.54, 1.807) is 0 Å². The van der Waals surface area contributed by atoms with E-state index in [2.05, 4.69) is 234 Å². The maximum absolute atomic E-state index is 5.38. The van der Waals surface area contributed by atoms with Gasteiger partial charge in [0.25, 0.3) is 0 Å². The summed E-state index contributed by atoms with van der Waals surface area (Å²) in [5.41, 5.74) is 15.7. The Morgan fingerprint density at radius 3 is 1.62 bits per heavy atom. The zero-order valence-electron chi connectivity index (χ0n) is 34.7. The molecule has 3 heterocycles. The third kappa shape index (κ3) is 6.41. The highest BCUT2D eigenvalue weighted by atomic mass is 15.2. The molecule has 12 rings (SSSR count). The summed E-state index contributed by atoms with van der Waals surface area (Å²) in [7, 11) is 0. The van der Waals surface area contributed by atoms with Gasteiger partial charge in [-0.05, 0) is 94.9 Å². The fraction of sp³-hybridized carbons (Fsp3) is 0.0345. The number of amidine groups is 2. The Balaban J connectivity index is 1.05. The minimum Gasteiger partial charge on any atom is -0.344 e. The molecule has 1 unspecified atom stereocenters. The van der Waals surface area contributed by atoms with Gasteiger partial charge >= 0.3 is 0 Å². The van der Waals surface area contributed by atoms with Gasteiger partial charge in [-0.1, -0.05) is 164 Å². The Morgan fingerprint density at radius 2 is 0.921 bits per heavy atom. The zero-order valence-corrected chi connectivity index (χ0v) is 34.7. The highest BCUT2D eigenvalue weighted by molar-refractivity contribution is 6.15. The van der Waals surface area contributed by atoms with Crippen molar-refractivity contribution in [1.29, 1.82) is 0 Å². The molecule has 0 saturated heterocycles. The Kier molecular flexibility index (Phi) is 8.71. The maximum atomic E-state index is 5.38. The van der Waals surface area contributed by atoms with Crippen LogP contribution in [0, 0.1) is 6.92 Å². The fourth-order valence-electron chi connectivity index (χ4n) is 9.38. The number of benzene rings is 9. The average molecular weight is 808 g/mol. The summed E-state index contributed by atoms with van der Waals surface area (Å²) in [6.45, 7) is 2.17. The summed E-state index contributed by atoms with van der Waals surface area (Å²) in [4.78, 5) is 10.7. The van der Waals surface area contributed by atoms with Crippen molar-refractivity contribution >= 4 is 55.3 Å². The lowest BCUT2D eigenvalue weighted by Gasteiger charge is -2.24. The number of nitrogens with one attached hydrogen (secondary N) is 1. The van der Waals surface area contributed by atoms with E-state index < -0.39 is 0 Å². The standard InChI is InChI=1S/C58H41N5/c1-38-25-31-50-48-21-11-13-23-52(48)62(55(50)33-38)46-30-32-54-51(37-46)49-22-12-14-24-53(49)63(54)47-35-44(40-17-7-3-8-18-40)34-45(36-47)58-60-56(42-19-9-4-10-20-42)59-57(61-58)43-28-26-41(27-29-43)39-15-5-2-6-16-39/h2-37,57H,1H3,(H,59,60,61). The van der Waals surface area contributed by atoms with Gasteiger partial charge < -0.3 is 14.5 Å².